The number of nitrogens with one attached hydrogen (secondary N) is 1. The molecule has 0 aromatic carbocycles. The van der Waals surface area contributed by atoms with E-state index in [0.29, 0.717) is 25.0 Å². The van der Waals surface area contributed by atoms with Crippen molar-refractivity contribution >= 4 is 11.9 Å². The van der Waals surface area contributed by atoms with E-state index in [4.69, 9.17) is 0 Å². The summed E-state index contributed by atoms with van der Waals surface area (Å²) in [6.07, 6.45) is 3.72. The second-order valence-electron chi connectivity index (χ2n) is 6.13. The molecule has 108 valence electrons. The highest BCUT2D eigenvalue weighted by Gasteiger charge is 2.36. The van der Waals surface area contributed by atoms with Gasteiger partial charge in [0.2, 0.25) is 0 Å². The minimum absolute atomic E-state index is 0.0552. The summed E-state index contributed by atoms with van der Waals surface area (Å²) >= 11 is 0. The summed E-state index contributed by atoms with van der Waals surface area (Å²) in [7, 11) is 0. The predicted molar refractivity (Wildman–Crippen MR) is 72.5 cm³/mol. The molecule has 2 rings (SSSR count). The smallest absolute Gasteiger partial charge is 0.324 e. The Hall–Kier alpha value is -1.10. The summed E-state index contributed by atoms with van der Waals surface area (Å²) in [5.74, 6) is 1.31. The third-order valence-corrected chi connectivity index (χ3v) is 4.82. The molecule has 5 nitrogen and oxygen atoms in total. The number of carbonyl (C=O) groups excluding carboxylic acids is 2. The lowest BCUT2D eigenvalue weighted by molar-refractivity contribution is -0.716. The largest absolute Gasteiger partial charge is 0.336 e. The Morgan fingerprint density at radius 2 is 2.16 bits per heavy atom. The van der Waals surface area contributed by atoms with Crippen molar-refractivity contribution in [2.45, 2.75) is 52.1 Å². The fourth-order valence-electron chi connectivity index (χ4n) is 3.28. The first-order chi connectivity index (χ1) is 9.00. The fraction of sp³-hybridized carbons (Fsp3) is 0.857. The molecule has 1 heterocycles. The summed E-state index contributed by atoms with van der Waals surface area (Å²) in [5.41, 5.74) is 0. The first-order valence-electron chi connectivity index (χ1n) is 7.45. The molecule has 4 atom stereocenters. The zero-order valence-corrected chi connectivity index (χ0v) is 12.2. The summed E-state index contributed by atoms with van der Waals surface area (Å²) < 4.78 is 0. The lowest BCUT2D eigenvalue weighted by atomic mass is 9.78. The molecule has 3 amide bonds. The van der Waals surface area contributed by atoms with Gasteiger partial charge in [0.25, 0.3) is 5.91 Å². The zero-order valence-electron chi connectivity index (χ0n) is 12.2. The number of urea groups is 1. The first kappa shape index (κ1) is 14.3. The number of nitrogens with two attached hydrogens (primary N) is 1. The van der Waals surface area contributed by atoms with E-state index in [1.54, 1.807) is 0 Å². The van der Waals surface area contributed by atoms with Crippen LogP contribution in [0.1, 0.15) is 40.0 Å². The molecule has 0 radical (unpaired) electrons. The Morgan fingerprint density at radius 1 is 1.42 bits per heavy atom. The van der Waals surface area contributed by atoms with Crippen molar-refractivity contribution in [2.24, 2.45) is 11.8 Å². The Labute approximate surface area is 115 Å². The normalized spacial score (nSPS) is 33.1. The molecular weight excluding hydrogens is 242 g/mol. The van der Waals surface area contributed by atoms with Crippen LogP contribution in [-0.2, 0) is 4.79 Å². The van der Waals surface area contributed by atoms with Crippen LogP contribution in [0.5, 0.6) is 0 Å². The predicted octanol–water partition coefficient (Wildman–Crippen LogP) is 0.315. The van der Waals surface area contributed by atoms with E-state index < -0.39 is 0 Å². The van der Waals surface area contributed by atoms with E-state index in [1.165, 1.54) is 24.2 Å². The van der Waals surface area contributed by atoms with E-state index >= 15 is 0 Å². The average molecular weight is 268 g/mol. The van der Waals surface area contributed by atoms with E-state index in [9.17, 15) is 9.59 Å². The molecule has 0 bridgehead atoms. The minimum atomic E-state index is -0.240. The van der Waals surface area contributed by atoms with Crippen LogP contribution >= 0.6 is 0 Å². The maximum Gasteiger partial charge on any atom is 0.324 e. The molecule has 0 spiro atoms. The summed E-state index contributed by atoms with van der Waals surface area (Å²) in [6, 6.07) is 0.102. The van der Waals surface area contributed by atoms with E-state index in [0.717, 1.165) is 5.92 Å². The number of nitrogens with zero attached hydrogens (tertiary/aromatic N) is 1. The highest BCUT2D eigenvalue weighted by atomic mass is 16.2. The van der Waals surface area contributed by atoms with Crippen LogP contribution in [0.2, 0.25) is 0 Å². The van der Waals surface area contributed by atoms with Gasteiger partial charge in [-0.25, -0.2) is 4.79 Å². The van der Waals surface area contributed by atoms with Gasteiger partial charge in [0.15, 0.2) is 6.04 Å². The molecule has 3 N–H and O–H groups in total. The Morgan fingerprint density at radius 3 is 2.79 bits per heavy atom. The van der Waals surface area contributed by atoms with Gasteiger partial charge in [0.1, 0.15) is 0 Å². The van der Waals surface area contributed by atoms with Gasteiger partial charge in [0.05, 0.1) is 6.04 Å². The van der Waals surface area contributed by atoms with E-state index in [-0.39, 0.29) is 18.0 Å². The Bertz CT molecular complexity index is 359. The molecule has 5 heteroatoms. The number of hydrogen-bond acceptors (Lipinski definition) is 2. The summed E-state index contributed by atoms with van der Waals surface area (Å²) in [4.78, 5) is 25.1. The van der Waals surface area contributed by atoms with Crippen LogP contribution in [0.25, 0.3) is 0 Å². The van der Waals surface area contributed by atoms with Crippen molar-refractivity contribution in [1.82, 2.24) is 10.2 Å². The van der Waals surface area contributed by atoms with Gasteiger partial charge in [-0.05, 0) is 32.1 Å². The number of imide groups is 1. The van der Waals surface area contributed by atoms with Gasteiger partial charge in [-0.1, -0.05) is 13.8 Å². The van der Waals surface area contributed by atoms with Crippen LogP contribution in [0.3, 0.4) is 0 Å². The van der Waals surface area contributed by atoms with Gasteiger partial charge in [-0.3, -0.25) is 9.69 Å². The van der Waals surface area contributed by atoms with Crippen molar-refractivity contribution in [3.05, 3.63) is 0 Å². The number of quaternary nitrogens is 1. The fourth-order valence-corrected chi connectivity index (χ4v) is 3.28. The minimum Gasteiger partial charge on any atom is -0.336 e. The third kappa shape index (κ3) is 3.08. The first-order valence-corrected chi connectivity index (χ1v) is 7.45. The molecule has 0 unspecified atom stereocenters. The number of amides is 3. The molecule has 2 fully saturated rings. The average Bonchev–Trinajstić information content (AvgIpc) is 2.80. The van der Waals surface area contributed by atoms with Crippen LogP contribution in [-0.4, -0.2) is 42.0 Å². The molecule has 1 aliphatic carbocycles. The molecule has 1 saturated heterocycles. The summed E-state index contributed by atoms with van der Waals surface area (Å²) in [5, 5.41) is 4.85. The molecule has 1 aliphatic heterocycles. The van der Waals surface area contributed by atoms with Crippen LogP contribution < -0.4 is 10.6 Å². The van der Waals surface area contributed by atoms with Crippen molar-refractivity contribution in [3.8, 4) is 0 Å². The number of carbonyl (C=O) groups is 2. The number of hydrogen-bond donors (Lipinski definition) is 2. The SMILES string of the molecule is C[C@H]1[C@@H]([NH2+][C@@H](C)C(=O)N2CCNC2=O)CCC[C@@H]1C. The van der Waals surface area contributed by atoms with Crippen molar-refractivity contribution in [2.75, 3.05) is 13.1 Å². The molecular formula is C14H26N3O2+. The summed E-state index contributed by atoms with van der Waals surface area (Å²) in [6.45, 7) is 7.58. The zero-order chi connectivity index (χ0) is 14.0. The molecule has 19 heavy (non-hydrogen) atoms. The molecule has 1 saturated carbocycles. The van der Waals surface area contributed by atoms with Crippen LogP contribution in [0, 0.1) is 11.8 Å². The van der Waals surface area contributed by atoms with Gasteiger partial charge >= 0.3 is 6.03 Å². The van der Waals surface area contributed by atoms with Gasteiger partial charge in [0, 0.05) is 19.0 Å². The van der Waals surface area contributed by atoms with E-state index in [2.05, 4.69) is 24.5 Å². The monoisotopic (exact) mass is 268 g/mol. The molecule has 0 aromatic rings. The topological polar surface area (TPSA) is 66.0 Å². The maximum atomic E-state index is 12.3. The lowest BCUT2D eigenvalue weighted by Gasteiger charge is -2.33. The van der Waals surface area contributed by atoms with Gasteiger partial charge in [-0.15, -0.1) is 0 Å². The number of rotatable bonds is 3. The quantitative estimate of drug-likeness (QED) is 0.774. The third-order valence-electron chi connectivity index (χ3n) is 4.82. The van der Waals surface area contributed by atoms with Crippen LogP contribution in [0.15, 0.2) is 0 Å². The van der Waals surface area contributed by atoms with Gasteiger partial charge < -0.3 is 10.6 Å². The Kier molecular flexibility index (Phi) is 4.45. The molecule has 2 aliphatic rings. The van der Waals surface area contributed by atoms with Crippen molar-refractivity contribution < 1.29 is 14.9 Å². The standard InChI is InChI=1S/C14H25N3O2/c1-9-5-4-6-12(10(9)2)16-11(3)13(18)17-8-7-15-14(17)19/h9-12,16H,4-8H2,1-3H3,(H,15,19)/p+1/t9-,10+,11-,12-/m0/s1. The van der Waals surface area contributed by atoms with Crippen molar-refractivity contribution in [3.63, 3.8) is 0 Å². The maximum absolute atomic E-state index is 12.3. The van der Waals surface area contributed by atoms with Crippen LogP contribution in [0.4, 0.5) is 4.79 Å². The highest BCUT2D eigenvalue weighted by Crippen LogP contribution is 2.27. The lowest BCUT2D eigenvalue weighted by Crippen LogP contribution is -2.98. The second kappa shape index (κ2) is 5.90. The Balaban J connectivity index is 1.91. The molecule has 0 aromatic heterocycles. The van der Waals surface area contributed by atoms with E-state index in [1.807, 2.05) is 6.92 Å². The van der Waals surface area contributed by atoms with Gasteiger partial charge in [-0.2, -0.15) is 0 Å². The second-order valence-corrected chi connectivity index (χ2v) is 6.13. The highest BCUT2D eigenvalue weighted by molar-refractivity contribution is 5.97. The van der Waals surface area contributed by atoms with Crippen molar-refractivity contribution in [1.29, 1.82) is 0 Å².